The molecule has 0 spiro atoms. The maximum Gasteiger partial charge on any atom is 0.315 e. The second-order valence-electron chi connectivity index (χ2n) is 5.95. The lowest BCUT2D eigenvalue weighted by atomic mass is 10.1. The standard InChI is InChI=1S/C17H24N2O4/c20-17(19-13-5-3-1-2-4-6-13)18-9-10-21-14-7-8-15-16(11-14)23-12-22-15/h7-8,11,13H,1-6,9-10,12H2,(H2,18,19,20). The highest BCUT2D eigenvalue weighted by Crippen LogP contribution is 2.34. The fourth-order valence-corrected chi connectivity index (χ4v) is 2.96. The molecular weight excluding hydrogens is 296 g/mol. The van der Waals surface area contributed by atoms with Gasteiger partial charge in [-0.05, 0) is 25.0 Å². The van der Waals surface area contributed by atoms with Gasteiger partial charge in [0.15, 0.2) is 11.5 Å². The fraction of sp³-hybridized carbons (Fsp3) is 0.588. The molecule has 1 heterocycles. The third kappa shape index (κ3) is 4.68. The quantitative estimate of drug-likeness (QED) is 0.646. The van der Waals surface area contributed by atoms with Crippen molar-refractivity contribution in [1.29, 1.82) is 0 Å². The Morgan fingerprint density at radius 3 is 2.74 bits per heavy atom. The van der Waals surface area contributed by atoms with Gasteiger partial charge in [0.1, 0.15) is 12.4 Å². The monoisotopic (exact) mass is 320 g/mol. The number of ether oxygens (including phenoxy) is 3. The lowest BCUT2D eigenvalue weighted by Gasteiger charge is -2.16. The first kappa shape index (κ1) is 15.8. The van der Waals surface area contributed by atoms with Gasteiger partial charge in [-0.1, -0.05) is 25.7 Å². The van der Waals surface area contributed by atoms with E-state index in [4.69, 9.17) is 14.2 Å². The zero-order chi connectivity index (χ0) is 15.9. The summed E-state index contributed by atoms with van der Waals surface area (Å²) < 4.78 is 16.2. The van der Waals surface area contributed by atoms with Crippen molar-refractivity contribution in [3.05, 3.63) is 18.2 Å². The molecule has 2 aliphatic rings. The Kier molecular flexibility index (Phi) is 5.45. The molecule has 23 heavy (non-hydrogen) atoms. The Hall–Kier alpha value is -2.11. The van der Waals surface area contributed by atoms with E-state index in [0.717, 1.165) is 18.6 Å². The van der Waals surface area contributed by atoms with Gasteiger partial charge in [-0.3, -0.25) is 0 Å². The predicted molar refractivity (Wildman–Crippen MR) is 86.1 cm³/mol. The van der Waals surface area contributed by atoms with Gasteiger partial charge in [0.2, 0.25) is 6.79 Å². The van der Waals surface area contributed by atoms with Crippen LogP contribution in [0.4, 0.5) is 4.79 Å². The number of hydrogen-bond donors (Lipinski definition) is 2. The van der Waals surface area contributed by atoms with Gasteiger partial charge in [-0.2, -0.15) is 0 Å². The summed E-state index contributed by atoms with van der Waals surface area (Å²) in [6.07, 6.45) is 7.14. The van der Waals surface area contributed by atoms with Gasteiger partial charge in [0.25, 0.3) is 0 Å². The lowest BCUT2D eigenvalue weighted by Crippen LogP contribution is -2.43. The molecule has 2 N–H and O–H groups in total. The molecule has 1 aromatic carbocycles. The van der Waals surface area contributed by atoms with Gasteiger partial charge in [-0.15, -0.1) is 0 Å². The fourth-order valence-electron chi connectivity index (χ4n) is 2.96. The number of carbonyl (C=O) groups excluding carboxylic acids is 1. The molecule has 3 rings (SSSR count). The number of nitrogens with one attached hydrogen (secondary N) is 2. The minimum Gasteiger partial charge on any atom is -0.492 e. The number of carbonyl (C=O) groups is 1. The Morgan fingerprint density at radius 2 is 1.91 bits per heavy atom. The number of rotatable bonds is 5. The second kappa shape index (κ2) is 7.94. The number of urea groups is 1. The van der Waals surface area contributed by atoms with Gasteiger partial charge in [0, 0.05) is 12.1 Å². The van der Waals surface area contributed by atoms with Crippen LogP contribution in [0, 0.1) is 0 Å². The van der Waals surface area contributed by atoms with Crippen LogP contribution in [0.15, 0.2) is 18.2 Å². The van der Waals surface area contributed by atoms with Gasteiger partial charge < -0.3 is 24.8 Å². The molecule has 2 amide bonds. The van der Waals surface area contributed by atoms with E-state index in [1.165, 1.54) is 25.7 Å². The predicted octanol–water partition coefficient (Wildman–Crippen LogP) is 2.82. The van der Waals surface area contributed by atoms with Crippen molar-refractivity contribution in [2.45, 2.75) is 44.6 Å². The highest BCUT2D eigenvalue weighted by molar-refractivity contribution is 5.74. The summed E-state index contributed by atoms with van der Waals surface area (Å²) in [6.45, 7) is 1.13. The summed E-state index contributed by atoms with van der Waals surface area (Å²) in [7, 11) is 0. The number of fused-ring (bicyclic) bond motifs is 1. The topological polar surface area (TPSA) is 68.8 Å². The molecule has 0 unspecified atom stereocenters. The van der Waals surface area contributed by atoms with E-state index in [-0.39, 0.29) is 12.8 Å². The molecule has 1 saturated carbocycles. The Bertz CT molecular complexity index is 527. The SMILES string of the molecule is O=C(NCCOc1ccc2c(c1)OCO2)NC1CCCCCC1. The normalized spacial score (nSPS) is 17.4. The zero-order valence-electron chi connectivity index (χ0n) is 13.3. The zero-order valence-corrected chi connectivity index (χ0v) is 13.3. The van der Waals surface area contributed by atoms with Gasteiger partial charge in [0.05, 0.1) is 6.54 Å². The van der Waals surface area contributed by atoms with Crippen molar-refractivity contribution in [3.8, 4) is 17.2 Å². The Labute approximate surface area is 136 Å². The van der Waals surface area contributed by atoms with E-state index in [1.807, 2.05) is 12.1 Å². The summed E-state index contributed by atoms with van der Waals surface area (Å²) in [5, 5.41) is 5.89. The largest absolute Gasteiger partial charge is 0.492 e. The van der Waals surface area contributed by atoms with E-state index >= 15 is 0 Å². The van der Waals surface area contributed by atoms with Crippen molar-refractivity contribution in [2.24, 2.45) is 0 Å². The van der Waals surface area contributed by atoms with Gasteiger partial charge in [-0.25, -0.2) is 4.79 Å². The minimum absolute atomic E-state index is 0.105. The van der Waals surface area contributed by atoms with E-state index < -0.39 is 0 Å². The van der Waals surface area contributed by atoms with E-state index in [9.17, 15) is 4.79 Å². The third-order valence-electron chi connectivity index (χ3n) is 4.19. The molecule has 1 aliphatic carbocycles. The number of benzene rings is 1. The van der Waals surface area contributed by atoms with Crippen LogP contribution in [0.2, 0.25) is 0 Å². The Morgan fingerprint density at radius 1 is 1.13 bits per heavy atom. The first-order chi connectivity index (χ1) is 11.3. The molecule has 0 aromatic heterocycles. The highest BCUT2D eigenvalue weighted by Gasteiger charge is 2.15. The number of hydrogen-bond acceptors (Lipinski definition) is 4. The van der Waals surface area contributed by atoms with Crippen LogP contribution >= 0.6 is 0 Å². The van der Waals surface area contributed by atoms with Crippen molar-refractivity contribution in [2.75, 3.05) is 19.9 Å². The number of amides is 2. The van der Waals surface area contributed by atoms with Crippen LogP contribution in [-0.4, -0.2) is 32.0 Å². The summed E-state index contributed by atoms with van der Waals surface area (Å²) in [6, 6.07) is 5.66. The summed E-state index contributed by atoms with van der Waals surface area (Å²) in [5.74, 6) is 2.14. The first-order valence-electron chi connectivity index (χ1n) is 8.38. The molecule has 0 bridgehead atoms. The molecule has 0 saturated heterocycles. The van der Waals surface area contributed by atoms with Crippen LogP contribution in [0.3, 0.4) is 0 Å². The molecule has 0 radical (unpaired) electrons. The molecule has 6 heteroatoms. The van der Waals surface area contributed by atoms with Crippen LogP contribution in [0.5, 0.6) is 17.2 Å². The molecule has 1 aliphatic heterocycles. The lowest BCUT2D eigenvalue weighted by molar-refractivity contribution is 0.173. The van der Waals surface area contributed by atoms with Crippen molar-refractivity contribution in [1.82, 2.24) is 10.6 Å². The van der Waals surface area contributed by atoms with Crippen LogP contribution in [-0.2, 0) is 0 Å². The molecule has 126 valence electrons. The van der Waals surface area contributed by atoms with Crippen LogP contribution in [0.1, 0.15) is 38.5 Å². The van der Waals surface area contributed by atoms with Crippen LogP contribution < -0.4 is 24.8 Å². The van der Waals surface area contributed by atoms with Crippen molar-refractivity contribution < 1.29 is 19.0 Å². The van der Waals surface area contributed by atoms with Crippen molar-refractivity contribution >= 4 is 6.03 Å². The molecule has 6 nitrogen and oxygen atoms in total. The maximum atomic E-state index is 11.9. The average molecular weight is 320 g/mol. The second-order valence-corrected chi connectivity index (χ2v) is 5.95. The van der Waals surface area contributed by atoms with E-state index in [1.54, 1.807) is 6.07 Å². The van der Waals surface area contributed by atoms with Crippen LogP contribution in [0.25, 0.3) is 0 Å². The first-order valence-corrected chi connectivity index (χ1v) is 8.38. The van der Waals surface area contributed by atoms with Crippen molar-refractivity contribution in [3.63, 3.8) is 0 Å². The van der Waals surface area contributed by atoms with Gasteiger partial charge >= 0.3 is 6.03 Å². The maximum absolute atomic E-state index is 11.9. The summed E-state index contributed by atoms with van der Waals surface area (Å²) in [5.41, 5.74) is 0. The van der Waals surface area contributed by atoms with E-state index in [2.05, 4.69) is 10.6 Å². The summed E-state index contributed by atoms with van der Waals surface area (Å²) in [4.78, 5) is 11.9. The highest BCUT2D eigenvalue weighted by atomic mass is 16.7. The Balaban J connectivity index is 1.33. The molecular formula is C17H24N2O4. The molecule has 0 atom stereocenters. The third-order valence-corrected chi connectivity index (χ3v) is 4.19. The smallest absolute Gasteiger partial charge is 0.315 e. The average Bonchev–Trinajstić information content (AvgIpc) is 2.87. The minimum atomic E-state index is -0.105. The molecule has 1 fully saturated rings. The van der Waals surface area contributed by atoms with E-state index in [0.29, 0.717) is 30.7 Å². The summed E-state index contributed by atoms with van der Waals surface area (Å²) >= 11 is 0. The molecule has 1 aromatic rings.